The van der Waals surface area contributed by atoms with E-state index in [2.05, 4.69) is 49.1 Å². The highest BCUT2D eigenvalue weighted by atomic mass is 15.0. The maximum absolute atomic E-state index is 4.45. The minimum Gasteiger partial charge on any atom is -0.309 e. The zero-order chi connectivity index (χ0) is 11.5. The fraction of sp³-hybridized carbons (Fsp3) is 0.500. The SMILES string of the molecule is Cc1ccc(C2=CC(CCN(C)C)C2)nc1. The standard InChI is InChI=1S/C14H20N2/c1-11-4-5-14(15-10-11)13-8-12(9-13)6-7-16(2)3/h4-5,8,10,12H,6-7,9H2,1-3H3. The first kappa shape index (κ1) is 11.3. The average molecular weight is 216 g/mol. The van der Waals surface area contributed by atoms with Crippen molar-refractivity contribution in [3.05, 3.63) is 35.7 Å². The Balaban J connectivity index is 1.90. The van der Waals surface area contributed by atoms with E-state index >= 15 is 0 Å². The van der Waals surface area contributed by atoms with Crippen molar-refractivity contribution in [1.29, 1.82) is 0 Å². The number of pyridine rings is 1. The van der Waals surface area contributed by atoms with Crippen molar-refractivity contribution >= 4 is 5.57 Å². The maximum Gasteiger partial charge on any atom is 0.0658 e. The number of hydrogen-bond donors (Lipinski definition) is 0. The second-order valence-electron chi connectivity index (χ2n) is 4.97. The number of aryl methyl sites for hydroxylation is 1. The van der Waals surface area contributed by atoms with E-state index in [4.69, 9.17) is 0 Å². The summed E-state index contributed by atoms with van der Waals surface area (Å²) in [5.41, 5.74) is 3.81. The number of rotatable bonds is 4. The lowest BCUT2D eigenvalue weighted by Crippen LogP contribution is -2.19. The number of aromatic nitrogens is 1. The molecule has 0 aromatic carbocycles. The molecule has 0 N–H and O–H groups in total. The fourth-order valence-corrected chi connectivity index (χ4v) is 1.99. The summed E-state index contributed by atoms with van der Waals surface area (Å²) in [5, 5.41) is 0. The highest BCUT2D eigenvalue weighted by Gasteiger charge is 2.20. The molecule has 1 aliphatic rings. The smallest absolute Gasteiger partial charge is 0.0658 e. The van der Waals surface area contributed by atoms with Gasteiger partial charge in [0.2, 0.25) is 0 Å². The highest BCUT2D eigenvalue weighted by Crippen LogP contribution is 2.34. The molecule has 0 saturated carbocycles. The molecule has 1 unspecified atom stereocenters. The van der Waals surface area contributed by atoms with Crippen molar-refractivity contribution in [2.45, 2.75) is 19.8 Å². The van der Waals surface area contributed by atoms with Gasteiger partial charge in [-0.2, -0.15) is 0 Å². The van der Waals surface area contributed by atoms with Crippen molar-refractivity contribution in [2.75, 3.05) is 20.6 Å². The van der Waals surface area contributed by atoms with Crippen LogP contribution < -0.4 is 0 Å². The summed E-state index contributed by atoms with van der Waals surface area (Å²) < 4.78 is 0. The van der Waals surface area contributed by atoms with E-state index in [1.54, 1.807) is 0 Å². The predicted molar refractivity (Wildman–Crippen MR) is 68.2 cm³/mol. The van der Waals surface area contributed by atoms with Gasteiger partial charge in [0.05, 0.1) is 5.69 Å². The normalized spacial score (nSPS) is 19.5. The third-order valence-electron chi connectivity index (χ3n) is 3.11. The molecule has 0 fully saturated rings. The molecule has 86 valence electrons. The Labute approximate surface area is 98.0 Å². The molecule has 1 aromatic rings. The van der Waals surface area contributed by atoms with Crippen molar-refractivity contribution in [3.8, 4) is 0 Å². The van der Waals surface area contributed by atoms with Gasteiger partial charge in [-0.25, -0.2) is 0 Å². The molecule has 0 saturated heterocycles. The Bertz CT molecular complexity index is 376. The summed E-state index contributed by atoms with van der Waals surface area (Å²) in [6, 6.07) is 4.26. The van der Waals surface area contributed by atoms with Gasteiger partial charge in [-0.3, -0.25) is 4.98 Å². The summed E-state index contributed by atoms with van der Waals surface area (Å²) in [6.45, 7) is 3.25. The third-order valence-corrected chi connectivity index (χ3v) is 3.11. The van der Waals surface area contributed by atoms with Gasteiger partial charge >= 0.3 is 0 Å². The van der Waals surface area contributed by atoms with Gasteiger partial charge in [-0.15, -0.1) is 0 Å². The van der Waals surface area contributed by atoms with Gasteiger partial charge in [0, 0.05) is 6.20 Å². The fourth-order valence-electron chi connectivity index (χ4n) is 1.99. The van der Waals surface area contributed by atoms with Crippen LogP contribution in [-0.4, -0.2) is 30.5 Å². The molecule has 1 aliphatic carbocycles. The van der Waals surface area contributed by atoms with Crippen LogP contribution in [0.1, 0.15) is 24.1 Å². The van der Waals surface area contributed by atoms with E-state index in [0.717, 1.165) is 11.6 Å². The van der Waals surface area contributed by atoms with E-state index < -0.39 is 0 Å². The molecule has 16 heavy (non-hydrogen) atoms. The lowest BCUT2D eigenvalue weighted by Gasteiger charge is -2.26. The van der Waals surface area contributed by atoms with E-state index in [1.165, 1.54) is 30.5 Å². The molecule has 1 heterocycles. The van der Waals surface area contributed by atoms with Crippen LogP contribution in [0.4, 0.5) is 0 Å². The Morgan fingerprint density at radius 1 is 1.38 bits per heavy atom. The van der Waals surface area contributed by atoms with Crippen molar-refractivity contribution in [1.82, 2.24) is 9.88 Å². The van der Waals surface area contributed by atoms with E-state index in [9.17, 15) is 0 Å². The summed E-state index contributed by atoms with van der Waals surface area (Å²) >= 11 is 0. The van der Waals surface area contributed by atoms with Crippen molar-refractivity contribution in [2.24, 2.45) is 5.92 Å². The van der Waals surface area contributed by atoms with Crippen LogP contribution in [0, 0.1) is 12.8 Å². The average Bonchev–Trinajstić information content (AvgIpc) is 2.18. The zero-order valence-corrected chi connectivity index (χ0v) is 10.4. The van der Waals surface area contributed by atoms with Crippen molar-refractivity contribution < 1.29 is 0 Å². The summed E-state index contributed by atoms with van der Waals surface area (Å²) in [4.78, 5) is 6.70. The summed E-state index contributed by atoms with van der Waals surface area (Å²) in [6.07, 6.45) is 6.79. The van der Waals surface area contributed by atoms with Crippen molar-refractivity contribution in [3.63, 3.8) is 0 Å². The molecule has 2 heteroatoms. The van der Waals surface area contributed by atoms with Gasteiger partial charge in [-0.1, -0.05) is 12.1 Å². The number of nitrogens with zero attached hydrogens (tertiary/aromatic N) is 2. The van der Waals surface area contributed by atoms with Gasteiger partial charge in [0.1, 0.15) is 0 Å². The van der Waals surface area contributed by atoms with Crippen LogP contribution in [0.25, 0.3) is 5.57 Å². The van der Waals surface area contributed by atoms with Crippen LogP contribution in [0.5, 0.6) is 0 Å². The highest BCUT2D eigenvalue weighted by molar-refractivity contribution is 5.68. The first-order valence-corrected chi connectivity index (χ1v) is 5.93. The molecule has 1 aromatic heterocycles. The van der Waals surface area contributed by atoms with Gasteiger partial charge in [0.15, 0.2) is 0 Å². The minimum absolute atomic E-state index is 0.764. The second kappa shape index (κ2) is 4.79. The Hall–Kier alpha value is -1.15. The quantitative estimate of drug-likeness (QED) is 0.769. The van der Waals surface area contributed by atoms with Crippen LogP contribution in [-0.2, 0) is 0 Å². The molecular weight excluding hydrogens is 196 g/mol. The molecule has 0 spiro atoms. The number of allylic oxidation sites excluding steroid dienone is 2. The van der Waals surface area contributed by atoms with Gasteiger partial charge < -0.3 is 4.90 Å². The molecular formula is C14H20N2. The second-order valence-corrected chi connectivity index (χ2v) is 4.97. The molecule has 0 bridgehead atoms. The minimum atomic E-state index is 0.764. The van der Waals surface area contributed by atoms with E-state index in [0.29, 0.717) is 0 Å². The lowest BCUT2D eigenvalue weighted by molar-refractivity contribution is 0.368. The first-order chi connectivity index (χ1) is 7.65. The zero-order valence-electron chi connectivity index (χ0n) is 10.4. The Morgan fingerprint density at radius 2 is 2.12 bits per heavy atom. The van der Waals surface area contributed by atoms with Gasteiger partial charge in [-0.05, 0) is 63.5 Å². The maximum atomic E-state index is 4.45. The van der Waals surface area contributed by atoms with Crippen LogP contribution in [0.15, 0.2) is 24.4 Å². The Kier molecular flexibility index (Phi) is 3.39. The summed E-state index contributed by atoms with van der Waals surface area (Å²) in [7, 11) is 4.26. The van der Waals surface area contributed by atoms with Gasteiger partial charge in [0.25, 0.3) is 0 Å². The number of hydrogen-bond acceptors (Lipinski definition) is 2. The topological polar surface area (TPSA) is 16.1 Å². The van der Waals surface area contributed by atoms with Crippen LogP contribution >= 0.6 is 0 Å². The van der Waals surface area contributed by atoms with E-state index in [1.807, 2.05) is 6.20 Å². The van der Waals surface area contributed by atoms with Crippen LogP contribution in [0.3, 0.4) is 0 Å². The lowest BCUT2D eigenvalue weighted by atomic mass is 9.82. The van der Waals surface area contributed by atoms with Crippen LogP contribution in [0.2, 0.25) is 0 Å². The largest absolute Gasteiger partial charge is 0.309 e. The third kappa shape index (κ3) is 2.70. The molecule has 0 amide bonds. The molecule has 2 rings (SSSR count). The van der Waals surface area contributed by atoms with E-state index in [-0.39, 0.29) is 0 Å². The summed E-state index contributed by atoms with van der Waals surface area (Å²) in [5.74, 6) is 0.764. The predicted octanol–water partition coefficient (Wildman–Crippen LogP) is 2.75. The molecule has 0 aliphatic heterocycles. The Morgan fingerprint density at radius 3 is 2.69 bits per heavy atom. The molecule has 2 nitrogen and oxygen atoms in total. The first-order valence-electron chi connectivity index (χ1n) is 5.93. The monoisotopic (exact) mass is 216 g/mol. The molecule has 1 atom stereocenters. The molecule has 0 radical (unpaired) electrons.